The van der Waals surface area contributed by atoms with Crippen LogP contribution < -0.4 is 10.1 Å². The summed E-state index contributed by atoms with van der Waals surface area (Å²) < 4.78 is 7.10. The Morgan fingerprint density at radius 2 is 2.03 bits per heavy atom. The van der Waals surface area contributed by atoms with E-state index >= 15 is 0 Å². The Morgan fingerprint density at radius 1 is 1.28 bits per heavy atom. The molecule has 0 unspecified atom stereocenters. The van der Waals surface area contributed by atoms with Gasteiger partial charge in [-0.25, -0.2) is 4.68 Å². The lowest BCUT2D eigenvalue weighted by molar-refractivity contribution is -0.118. The normalized spacial score (nSPS) is 10.4. The van der Waals surface area contributed by atoms with Crippen molar-refractivity contribution in [2.75, 3.05) is 17.7 Å². The minimum absolute atomic E-state index is 0.183. The molecule has 0 aliphatic carbocycles. The number of aromatic nitrogens is 2. The van der Waals surface area contributed by atoms with E-state index in [0.29, 0.717) is 26.4 Å². The maximum atomic E-state index is 12.4. The molecule has 0 fully saturated rings. The molecule has 0 saturated heterocycles. The Morgan fingerprint density at radius 3 is 2.69 bits per heavy atom. The first-order chi connectivity index (χ1) is 14.0. The number of hydrogen-bond donors (Lipinski definition) is 1. The van der Waals surface area contributed by atoms with E-state index in [1.54, 1.807) is 16.8 Å². The SMILES string of the molecule is CCSc1c(C#N)c(NC(=O)COc2ccc(Cl)cc2Cl)nn1-c1ccccc1. The number of thioether (sulfide) groups is 1. The van der Waals surface area contributed by atoms with Crippen LogP contribution in [0, 0.1) is 11.3 Å². The number of carbonyl (C=O) groups excluding carboxylic acids is 1. The molecule has 1 amide bonds. The average molecular weight is 447 g/mol. The Bertz CT molecular complexity index is 1060. The molecule has 0 spiro atoms. The molecule has 0 aliphatic rings. The van der Waals surface area contributed by atoms with E-state index in [-0.39, 0.29) is 12.4 Å². The van der Waals surface area contributed by atoms with Gasteiger partial charge in [-0.05, 0) is 36.1 Å². The molecule has 0 bridgehead atoms. The van der Waals surface area contributed by atoms with Gasteiger partial charge in [0.25, 0.3) is 5.91 Å². The highest BCUT2D eigenvalue weighted by Gasteiger charge is 2.21. The molecular weight excluding hydrogens is 431 g/mol. The number of nitrogens with one attached hydrogen (secondary N) is 1. The van der Waals surface area contributed by atoms with Crippen LogP contribution in [-0.2, 0) is 4.79 Å². The molecule has 1 N–H and O–H groups in total. The smallest absolute Gasteiger partial charge is 0.263 e. The molecule has 0 atom stereocenters. The number of amides is 1. The quantitative estimate of drug-likeness (QED) is 0.505. The van der Waals surface area contributed by atoms with Crippen molar-refractivity contribution in [1.29, 1.82) is 5.26 Å². The van der Waals surface area contributed by atoms with Crippen LogP contribution in [0.4, 0.5) is 5.82 Å². The lowest BCUT2D eigenvalue weighted by Gasteiger charge is -2.08. The zero-order valence-corrected chi connectivity index (χ0v) is 17.7. The van der Waals surface area contributed by atoms with E-state index in [9.17, 15) is 10.1 Å². The summed E-state index contributed by atoms with van der Waals surface area (Å²) in [6.07, 6.45) is 0. The Labute approximate surface area is 182 Å². The van der Waals surface area contributed by atoms with Crippen molar-refractivity contribution in [3.05, 3.63) is 64.1 Å². The molecule has 1 heterocycles. The van der Waals surface area contributed by atoms with Crippen LogP contribution in [0.1, 0.15) is 12.5 Å². The van der Waals surface area contributed by atoms with Gasteiger partial charge in [0, 0.05) is 5.02 Å². The van der Waals surface area contributed by atoms with E-state index in [1.165, 1.54) is 17.8 Å². The zero-order valence-electron chi connectivity index (χ0n) is 15.4. The third kappa shape index (κ3) is 5.04. The van der Waals surface area contributed by atoms with Crippen molar-refractivity contribution >= 4 is 46.7 Å². The summed E-state index contributed by atoms with van der Waals surface area (Å²) in [5.74, 6) is 0.809. The van der Waals surface area contributed by atoms with Crippen LogP contribution in [0.3, 0.4) is 0 Å². The molecular formula is C20H16Cl2N4O2S. The molecule has 6 nitrogen and oxygen atoms in total. The molecule has 3 rings (SSSR count). The first-order valence-corrected chi connectivity index (χ1v) is 10.4. The molecule has 0 saturated carbocycles. The fraction of sp³-hybridized carbons (Fsp3) is 0.150. The third-order valence-corrected chi connectivity index (χ3v) is 5.22. The van der Waals surface area contributed by atoms with Crippen LogP contribution >= 0.6 is 35.0 Å². The number of anilines is 1. The van der Waals surface area contributed by atoms with E-state index < -0.39 is 5.91 Å². The van der Waals surface area contributed by atoms with Crippen molar-refractivity contribution in [1.82, 2.24) is 9.78 Å². The van der Waals surface area contributed by atoms with Gasteiger partial charge in [0.15, 0.2) is 12.4 Å². The van der Waals surface area contributed by atoms with Gasteiger partial charge >= 0.3 is 0 Å². The second-order valence-corrected chi connectivity index (χ2v) is 7.83. The number of ether oxygens (including phenoxy) is 1. The second-order valence-electron chi connectivity index (χ2n) is 5.73. The predicted octanol–water partition coefficient (Wildman–Crippen LogP) is 5.18. The van der Waals surface area contributed by atoms with Crippen molar-refractivity contribution in [2.24, 2.45) is 0 Å². The molecule has 9 heteroatoms. The van der Waals surface area contributed by atoms with Crippen LogP contribution in [0.2, 0.25) is 10.0 Å². The Hall–Kier alpha value is -2.66. The van der Waals surface area contributed by atoms with Crippen LogP contribution in [0.15, 0.2) is 53.6 Å². The van der Waals surface area contributed by atoms with Crippen LogP contribution in [0.25, 0.3) is 5.69 Å². The van der Waals surface area contributed by atoms with Gasteiger partial charge in [-0.15, -0.1) is 16.9 Å². The van der Waals surface area contributed by atoms with E-state index in [1.807, 2.05) is 37.3 Å². The maximum absolute atomic E-state index is 12.4. The third-order valence-electron chi connectivity index (χ3n) is 3.75. The molecule has 29 heavy (non-hydrogen) atoms. The van der Waals surface area contributed by atoms with Gasteiger partial charge in [0.1, 0.15) is 22.4 Å². The van der Waals surface area contributed by atoms with Crippen molar-refractivity contribution < 1.29 is 9.53 Å². The molecule has 148 valence electrons. The summed E-state index contributed by atoms with van der Waals surface area (Å²) in [4.78, 5) is 12.4. The summed E-state index contributed by atoms with van der Waals surface area (Å²) in [5.41, 5.74) is 1.10. The molecule has 0 aliphatic heterocycles. The molecule has 2 aromatic carbocycles. The summed E-state index contributed by atoms with van der Waals surface area (Å²) in [6, 6.07) is 16.3. The minimum Gasteiger partial charge on any atom is -0.482 e. The first-order valence-electron chi connectivity index (χ1n) is 8.62. The van der Waals surface area contributed by atoms with Gasteiger partial charge in [-0.3, -0.25) is 4.79 Å². The minimum atomic E-state index is -0.460. The summed E-state index contributed by atoms with van der Waals surface area (Å²) in [6.45, 7) is 1.69. The maximum Gasteiger partial charge on any atom is 0.263 e. The summed E-state index contributed by atoms with van der Waals surface area (Å²) in [5, 5.41) is 18.2. The first kappa shape index (κ1) is 21.1. The van der Waals surface area contributed by atoms with Gasteiger partial charge in [0.05, 0.1) is 10.7 Å². The van der Waals surface area contributed by atoms with E-state index in [0.717, 1.165) is 11.4 Å². The fourth-order valence-electron chi connectivity index (χ4n) is 2.51. The average Bonchev–Trinajstić information content (AvgIpc) is 3.05. The molecule has 0 radical (unpaired) electrons. The van der Waals surface area contributed by atoms with Crippen molar-refractivity contribution in [3.8, 4) is 17.5 Å². The molecule has 3 aromatic rings. The monoisotopic (exact) mass is 446 g/mol. The van der Waals surface area contributed by atoms with Gasteiger partial charge in [-0.1, -0.05) is 48.3 Å². The topological polar surface area (TPSA) is 79.9 Å². The second kappa shape index (κ2) is 9.70. The number of para-hydroxylation sites is 1. The number of nitriles is 1. The highest BCUT2D eigenvalue weighted by molar-refractivity contribution is 7.99. The molecule has 1 aromatic heterocycles. The van der Waals surface area contributed by atoms with Gasteiger partial charge in [-0.2, -0.15) is 5.26 Å². The number of halogens is 2. The van der Waals surface area contributed by atoms with Crippen LogP contribution in [0.5, 0.6) is 5.75 Å². The predicted molar refractivity (Wildman–Crippen MR) is 115 cm³/mol. The largest absolute Gasteiger partial charge is 0.482 e. The number of hydrogen-bond acceptors (Lipinski definition) is 5. The standard InChI is InChI=1S/C20H16Cl2N4O2S/c1-2-29-20-15(11-23)19(25-26(20)14-6-4-3-5-7-14)24-18(27)12-28-17-9-8-13(21)10-16(17)22/h3-10H,2,12H2,1H3,(H,24,25,27). The highest BCUT2D eigenvalue weighted by atomic mass is 35.5. The number of benzene rings is 2. The number of rotatable bonds is 7. The fourth-order valence-corrected chi connectivity index (χ4v) is 3.80. The zero-order chi connectivity index (χ0) is 20.8. The number of nitrogens with zero attached hydrogens (tertiary/aromatic N) is 3. The Balaban J connectivity index is 1.81. The lowest BCUT2D eigenvalue weighted by atomic mass is 10.3. The van der Waals surface area contributed by atoms with Crippen molar-refractivity contribution in [2.45, 2.75) is 11.9 Å². The highest BCUT2D eigenvalue weighted by Crippen LogP contribution is 2.31. The summed E-state index contributed by atoms with van der Waals surface area (Å²) >= 11 is 13.4. The lowest BCUT2D eigenvalue weighted by Crippen LogP contribution is -2.21. The Kier molecular flexibility index (Phi) is 7.04. The van der Waals surface area contributed by atoms with E-state index in [2.05, 4.69) is 16.5 Å². The van der Waals surface area contributed by atoms with E-state index in [4.69, 9.17) is 27.9 Å². The van der Waals surface area contributed by atoms with Gasteiger partial charge in [0.2, 0.25) is 0 Å². The summed E-state index contributed by atoms with van der Waals surface area (Å²) in [7, 11) is 0. The number of carbonyl (C=O) groups is 1. The van der Waals surface area contributed by atoms with Gasteiger partial charge < -0.3 is 10.1 Å². The van der Waals surface area contributed by atoms with Crippen LogP contribution in [-0.4, -0.2) is 28.0 Å². The van der Waals surface area contributed by atoms with Crippen molar-refractivity contribution in [3.63, 3.8) is 0 Å².